The van der Waals surface area contributed by atoms with E-state index in [1.807, 2.05) is 19.1 Å². The van der Waals surface area contributed by atoms with Crippen LogP contribution in [0.5, 0.6) is 0 Å². The van der Waals surface area contributed by atoms with Crippen LogP contribution in [0.3, 0.4) is 0 Å². The van der Waals surface area contributed by atoms with Crippen molar-refractivity contribution in [3.05, 3.63) is 70.7 Å². The summed E-state index contributed by atoms with van der Waals surface area (Å²) in [6.45, 7) is 8.46. The summed E-state index contributed by atoms with van der Waals surface area (Å²) in [5.41, 5.74) is 2.90. The lowest BCUT2D eigenvalue weighted by Crippen LogP contribution is -2.29. The van der Waals surface area contributed by atoms with Gasteiger partial charge < -0.3 is 10.5 Å². The Morgan fingerprint density at radius 1 is 1.09 bits per heavy atom. The molecule has 0 aliphatic carbocycles. The molecule has 4 heteroatoms. The van der Waals surface area contributed by atoms with Crippen LogP contribution < -0.4 is 10.0 Å². The van der Waals surface area contributed by atoms with Gasteiger partial charge in [0.05, 0.1) is 11.6 Å². The highest BCUT2D eigenvalue weighted by Gasteiger charge is 2.15. The fraction of sp³-hybridized carbons (Fsp3) is 0.333. The summed E-state index contributed by atoms with van der Waals surface area (Å²) in [4.78, 5) is 12.1. The molecule has 0 saturated heterocycles. The number of carbonyl (C=O) groups is 1. The Hall–Kier alpha value is -2.36. The van der Waals surface area contributed by atoms with Crippen LogP contribution in [-0.2, 0) is 5.41 Å². The second-order valence-electron chi connectivity index (χ2n) is 6.51. The second kappa shape index (κ2) is 6.18. The van der Waals surface area contributed by atoms with Gasteiger partial charge in [0, 0.05) is 12.1 Å². The van der Waals surface area contributed by atoms with Crippen molar-refractivity contribution in [1.82, 2.24) is 5.32 Å². The number of nitrogens with one attached hydrogen (secondary N) is 1. The molecular weight excluding hydrogens is 276 g/mol. The maximum absolute atomic E-state index is 12.1. The van der Waals surface area contributed by atoms with Crippen LogP contribution in [0.1, 0.15) is 55.2 Å². The van der Waals surface area contributed by atoms with Gasteiger partial charge in [0.1, 0.15) is 0 Å². The van der Waals surface area contributed by atoms with Crippen molar-refractivity contribution >= 4 is 5.91 Å². The Morgan fingerprint density at radius 3 is 2.14 bits per heavy atom. The number of hydrogen-bond acceptors (Lipinski definition) is 2. The molecule has 0 aliphatic heterocycles. The van der Waals surface area contributed by atoms with Gasteiger partial charge in [-0.1, -0.05) is 45.0 Å². The van der Waals surface area contributed by atoms with Crippen molar-refractivity contribution in [2.45, 2.75) is 39.2 Å². The Labute approximate surface area is 131 Å². The maximum atomic E-state index is 12.1. The molecule has 0 aliphatic rings. The van der Waals surface area contributed by atoms with Crippen LogP contribution in [0.15, 0.2) is 48.8 Å². The topological polar surface area (TPSA) is 56.0 Å². The molecule has 0 saturated carbocycles. The Balaban J connectivity index is 2.07. The minimum atomic E-state index is -0.187. The molecule has 0 bridgehead atoms. The predicted molar refractivity (Wildman–Crippen MR) is 86.4 cm³/mol. The molecule has 4 nitrogen and oxygen atoms in total. The van der Waals surface area contributed by atoms with E-state index >= 15 is 0 Å². The molecule has 0 fully saturated rings. The van der Waals surface area contributed by atoms with Crippen LogP contribution in [0.4, 0.5) is 0 Å². The third-order valence-corrected chi connectivity index (χ3v) is 3.69. The monoisotopic (exact) mass is 298 g/mol. The molecule has 1 unspecified atom stereocenters. The Morgan fingerprint density at radius 2 is 1.64 bits per heavy atom. The van der Waals surface area contributed by atoms with Crippen LogP contribution in [-0.4, -0.2) is 5.91 Å². The number of benzene rings is 1. The number of rotatable bonds is 3. The van der Waals surface area contributed by atoms with Gasteiger partial charge in [0.2, 0.25) is 0 Å². The highest BCUT2D eigenvalue weighted by atomic mass is 16.5. The highest BCUT2D eigenvalue weighted by Crippen LogP contribution is 2.24. The van der Waals surface area contributed by atoms with E-state index in [0.717, 1.165) is 5.56 Å². The smallest absolute Gasteiger partial charge is 0.252 e. The number of carbonyl (C=O) groups excluding carboxylic acids is 1. The molecule has 1 aromatic heterocycles. The normalized spacial score (nSPS) is 12.7. The van der Waals surface area contributed by atoms with Crippen molar-refractivity contribution in [2.24, 2.45) is 0 Å². The summed E-state index contributed by atoms with van der Waals surface area (Å²) in [6.07, 6.45) is 2.63. The van der Waals surface area contributed by atoms with Crippen LogP contribution in [0.25, 0.3) is 0 Å². The van der Waals surface area contributed by atoms with Crippen molar-refractivity contribution in [1.29, 1.82) is 0 Å². The van der Waals surface area contributed by atoms with E-state index < -0.39 is 0 Å². The summed E-state index contributed by atoms with van der Waals surface area (Å²) < 4.78 is 0.658. The maximum Gasteiger partial charge on any atom is 0.252 e. The van der Waals surface area contributed by atoms with Gasteiger partial charge >= 0.3 is 0 Å². The van der Waals surface area contributed by atoms with E-state index in [2.05, 4.69) is 38.2 Å². The summed E-state index contributed by atoms with van der Waals surface area (Å²) in [5.74, 6) is -0.187. The molecular formula is C18H22N2O2. The average molecular weight is 298 g/mol. The summed E-state index contributed by atoms with van der Waals surface area (Å²) in [6, 6.07) is 11.2. The van der Waals surface area contributed by atoms with Gasteiger partial charge in [0.25, 0.3) is 5.91 Å². The highest BCUT2D eigenvalue weighted by molar-refractivity contribution is 5.94. The molecule has 22 heavy (non-hydrogen) atoms. The summed E-state index contributed by atoms with van der Waals surface area (Å²) in [7, 11) is 0. The standard InChI is InChI=1S/C18H22N2O2/c1-13(14-5-7-16(8-6-14)18(2,3)4)19-17(21)15-9-11-20(22)12-10-15/h5-13H,1-4H3,(H,19,21). The minimum Gasteiger partial charge on any atom is -0.619 e. The zero-order valence-electron chi connectivity index (χ0n) is 13.5. The zero-order chi connectivity index (χ0) is 16.3. The van der Waals surface area contributed by atoms with Crippen LogP contribution >= 0.6 is 0 Å². The molecule has 2 aromatic rings. The molecule has 116 valence electrons. The lowest BCUT2D eigenvalue weighted by atomic mass is 9.86. The number of hydrogen-bond donors (Lipinski definition) is 1. The molecule has 0 spiro atoms. The molecule has 2 rings (SSSR count). The lowest BCUT2D eigenvalue weighted by Gasteiger charge is -2.20. The Bertz CT molecular complexity index is 640. The SMILES string of the molecule is CC(NC(=O)c1cc[n+]([O-])cc1)c1ccc(C(C)(C)C)cc1. The first-order chi connectivity index (χ1) is 10.3. The first-order valence-electron chi connectivity index (χ1n) is 7.37. The summed E-state index contributed by atoms with van der Waals surface area (Å²) in [5, 5.41) is 13.9. The third-order valence-electron chi connectivity index (χ3n) is 3.69. The Kier molecular flexibility index (Phi) is 4.50. The minimum absolute atomic E-state index is 0.0962. The van der Waals surface area contributed by atoms with E-state index in [1.54, 1.807) is 0 Å². The van der Waals surface area contributed by atoms with E-state index in [1.165, 1.54) is 30.1 Å². The van der Waals surface area contributed by atoms with Gasteiger partial charge in [-0.3, -0.25) is 4.79 Å². The molecule has 1 aromatic carbocycles. The van der Waals surface area contributed by atoms with Crippen molar-refractivity contribution in [3.8, 4) is 0 Å². The number of pyridine rings is 1. The number of nitrogens with zero attached hydrogens (tertiary/aromatic N) is 1. The van der Waals surface area contributed by atoms with E-state index in [-0.39, 0.29) is 17.4 Å². The van der Waals surface area contributed by atoms with Crippen molar-refractivity contribution < 1.29 is 9.52 Å². The van der Waals surface area contributed by atoms with Gasteiger partial charge in [-0.05, 0) is 23.5 Å². The van der Waals surface area contributed by atoms with Gasteiger partial charge in [-0.25, -0.2) is 0 Å². The molecule has 1 atom stereocenters. The fourth-order valence-corrected chi connectivity index (χ4v) is 2.20. The van der Waals surface area contributed by atoms with Gasteiger partial charge in [0.15, 0.2) is 12.4 Å². The first-order valence-corrected chi connectivity index (χ1v) is 7.37. The van der Waals surface area contributed by atoms with E-state index in [9.17, 15) is 10.0 Å². The van der Waals surface area contributed by atoms with Crippen LogP contribution in [0, 0.1) is 5.21 Å². The van der Waals surface area contributed by atoms with Crippen molar-refractivity contribution in [3.63, 3.8) is 0 Å². The van der Waals surface area contributed by atoms with E-state index in [0.29, 0.717) is 10.3 Å². The largest absolute Gasteiger partial charge is 0.619 e. The summed E-state index contributed by atoms with van der Waals surface area (Å²) >= 11 is 0. The van der Waals surface area contributed by atoms with Gasteiger partial charge in [-0.2, -0.15) is 4.73 Å². The molecule has 1 N–H and O–H groups in total. The molecule has 0 radical (unpaired) electrons. The molecule has 1 heterocycles. The van der Waals surface area contributed by atoms with E-state index in [4.69, 9.17) is 0 Å². The third kappa shape index (κ3) is 3.85. The second-order valence-corrected chi connectivity index (χ2v) is 6.51. The quantitative estimate of drug-likeness (QED) is 0.699. The molecule has 1 amide bonds. The number of aromatic nitrogens is 1. The van der Waals surface area contributed by atoms with Crippen molar-refractivity contribution in [2.75, 3.05) is 0 Å². The number of amides is 1. The zero-order valence-corrected chi connectivity index (χ0v) is 13.5. The van der Waals surface area contributed by atoms with Gasteiger partial charge in [-0.15, -0.1) is 0 Å². The van der Waals surface area contributed by atoms with Crippen LogP contribution in [0.2, 0.25) is 0 Å². The predicted octanol–water partition coefficient (Wildman–Crippen LogP) is 3.11. The average Bonchev–Trinajstić information content (AvgIpc) is 2.47. The fourth-order valence-electron chi connectivity index (χ4n) is 2.20. The first kappa shape index (κ1) is 16.0. The lowest BCUT2D eigenvalue weighted by molar-refractivity contribution is -0.605.